The zero-order valence-corrected chi connectivity index (χ0v) is 11.7. The molecule has 0 aliphatic heterocycles. The fourth-order valence-electron chi connectivity index (χ4n) is 2.89. The minimum atomic E-state index is -0.0347. The molecule has 3 rings (SSSR count). The predicted molar refractivity (Wildman–Crippen MR) is 78.5 cm³/mol. The zero-order chi connectivity index (χ0) is 14.3. The molecule has 0 heterocycles. The van der Waals surface area contributed by atoms with Crippen LogP contribution in [0.2, 0.25) is 0 Å². The lowest BCUT2D eigenvalue weighted by Crippen LogP contribution is -2.21. The summed E-state index contributed by atoms with van der Waals surface area (Å²) >= 11 is 0. The summed E-state index contributed by atoms with van der Waals surface area (Å²) in [5, 5.41) is 0. The molecule has 1 aliphatic rings. The Hall–Kier alpha value is -2.22. The van der Waals surface area contributed by atoms with E-state index in [9.17, 15) is 9.59 Å². The molecule has 2 heteroatoms. The van der Waals surface area contributed by atoms with E-state index in [1.165, 1.54) is 0 Å². The summed E-state index contributed by atoms with van der Waals surface area (Å²) in [7, 11) is 0. The standard InChI is InChI=1S/C18H16O2/c1-3-11-9-15-16(10-12(11)4-2)18(20)14-8-6-5-7-13(14)17(15)19/h5-10H,3-4H2,1-2H3. The molecule has 0 saturated carbocycles. The monoisotopic (exact) mass is 264 g/mol. The number of fused-ring (bicyclic) bond motifs is 2. The lowest BCUT2D eigenvalue weighted by Gasteiger charge is -2.19. The maximum Gasteiger partial charge on any atom is 0.194 e. The molecule has 0 spiro atoms. The summed E-state index contributed by atoms with van der Waals surface area (Å²) in [5.74, 6) is -0.0693. The Kier molecular flexibility index (Phi) is 3.01. The normalized spacial score (nSPS) is 13.1. The van der Waals surface area contributed by atoms with Crippen LogP contribution in [-0.2, 0) is 12.8 Å². The second kappa shape index (κ2) is 4.71. The Labute approximate surface area is 118 Å². The first kappa shape index (κ1) is 12.8. The van der Waals surface area contributed by atoms with Gasteiger partial charge >= 0.3 is 0 Å². The van der Waals surface area contributed by atoms with Gasteiger partial charge in [-0.05, 0) is 36.1 Å². The number of hydrogen-bond acceptors (Lipinski definition) is 2. The average Bonchev–Trinajstić information content (AvgIpc) is 2.51. The van der Waals surface area contributed by atoms with Crippen molar-refractivity contribution in [3.8, 4) is 0 Å². The van der Waals surface area contributed by atoms with Gasteiger partial charge in [-0.1, -0.05) is 38.1 Å². The van der Waals surface area contributed by atoms with Gasteiger partial charge in [-0.15, -0.1) is 0 Å². The third kappa shape index (κ3) is 1.72. The van der Waals surface area contributed by atoms with Crippen molar-refractivity contribution in [1.29, 1.82) is 0 Å². The average molecular weight is 264 g/mol. The first-order valence-electron chi connectivity index (χ1n) is 7.01. The Morgan fingerprint density at radius 1 is 0.700 bits per heavy atom. The van der Waals surface area contributed by atoms with E-state index in [4.69, 9.17) is 0 Å². The van der Waals surface area contributed by atoms with Crippen LogP contribution >= 0.6 is 0 Å². The van der Waals surface area contributed by atoms with Gasteiger partial charge in [-0.2, -0.15) is 0 Å². The van der Waals surface area contributed by atoms with E-state index in [0.29, 0.717) is 22.3 Å². The summed E-state index contributed by atoms with van der Waals surface area (Å²) in [6, 6.07) is 10.9. The van der Waals surface area contributed by atoms with Crippen LogP contribution in [0.1, 0.15) is 56.8 Å². The smallest absolute Gasteiger partial charge is 0.194 e. The topological polar surface area (TPSA) is 34.1 Å². The van der Waals surface area contributed by atoms with Crippen LogP contribution in [0.25, 0.3) is 0 Å². The summed E-state index contributed by atoms with van der Waals surface area (Å²) in [6.45, 7) is 4.15. The predicted octanol–water partition coefficient (Wildman–Crippen LogP) is 3.59. The van der Waals surface area contributed by atoms with Crippen LogP contribution in [-0.4, -0.2) is 11.6 Å². The molecule has 2 aromatic rings. The van der Waals surface area contributed by atoms with Crippen molar-refractivity contribution in [2.75, 3.05) is 0 Å². The molecule has 0 saturated heterocycles. The highest BCUT2D eigenvalue weighted by Crippen LogP contribution is 2.29. The summed E-state index contributed by atoms with van der Waals surface area (Å²) in [4.78, 5) is 25.1. The Morgan fingerprint density at radius 2 is 1.10 bits per heavy atom. The highest BCUT2D eigenvalue weighted by molar-refractivity contribution is 6.28. The maximum atomic E-state index is 12.6. The summed E-state index contributed by atoms with van der Waals surface area (Å²) in [5.41, 5.74) is 4.48. The number of rotatable bonds is 2. The van der Waals surface area contributed by atoms with Gasteiger partial charge < -0.3 is 0 Å². The molecule has 0 N–H and O–H groups in total. The molecule has 2 aromatic carbocycles. The molecule has 2 nitrogen and oxygen atoms in total. The highest BCUT2D eigenvalue weighted by atomic mass is 16.1. The van der Waals surface area contributed by atoms with Crippen molar-refractivity contribution in [3.05, 3.63) is 69.8 Å². The van der Waals surface area contributed by atoms with Crippen LogP contribution < -0.4 is 0 Å². The Bertz CT molecular complexity index is 664. The van der Waals surface area contributed by atoms with Gasteiger partial charge in [0.05, 0.1) is 0 Å². The van der Waals surface area contributed by atoms with Crippen LogP contribution in [0.4, 0.5) is 0 Å². The van der Waals surface area contributed by atoms with Gasteiger partial charge in [0.25, 0.3) is 0 Å². The molecule has 100 valence electrons. The second-order valence-corrected chi connectivity index (χ2v) is 5.08. The molecule has 0 aromatic heterocycles. The fourth-order valence-corrected chi connectivity index (χ4v) is 2.89. The third-order valence-electron chi connectivity index (χ3n) is 4.01. The summed E-state index contributed by atoms with van der Waals surface area (Å²) in [6.07, 6.45) is 1.75. The first-order chi connectivity index (χ1) is 9.67. The molecule has 20 heavy (non-hydrogen) atoms. The van der Waals surface area contributed by atoms with Crippen molar-refractivity contribution in [2.45, 2.75) is 26.7 Å². The van der Waals surface area contributed by atoms with E-state index >= 15 is 0 Å². The van der Waals surface area contributed by atoms with Crippen molar-refractivity contribution in [3.63, 3.8) is 0 Å². The minimum absolute atomic E-state index is 0.0347. The van der Waals surface area contributed by atoms with E-state index in [1.54, 1.807) is 24.3 Å². The number of carbonyl (C=O) groups is 2. The van der Waals surface area contributed by atoms with E-state index in [2.05, 4.69) is 13.8 Å². The van der Waals surface area contributed by atoms with Crippen LogP contribution in [0, 0.1) is 0 Å². The third-order valence-corrected chi connectivity index (χ3v) is 4.01. The Morgan fingerprint density at radius 3 is 1.45 bits per heavy atom. The minimum Gasteiger partial charge on any atom is -0.289 e. The SMILES string of the molecule is CCc1cc2c(cc1CC)C(=O)c1ccccc1C2=O. The van der Waals surface area contributed by atoms with Crippen LogP contribution in [0.3, 0.4) is 0 Å². The van der Waals surface area contributed by atoms with Crippen LogP contribution in [0.5, 0.6) is 0 Å². The summed E-state index contributed by atoms with van der Waals surface area (Å²) < 4.78 is 0. The van der Waals surface area contributed by atoms with Crippen molar-refractivity contribution < 1.29 is 9.59 Å². The fraction of sp³-hybridized carbons (Fsp3) is 0.222. The molecule has 1 aliphatic carbocycles. The largest absolute Gasteiger partial charge is 0.289 e. The lowest BCUT2D eigenvalue weighted by molar-refractivity contribution is 0.0979. The second-order valence-electron chi connectivity index (χ2n) is 5.08. The van der Waals surface area contributed by atoms with Gasteiger partial charge in [-0.3, -0.25) is 9.59 Å². The van der Waals surface area contributed by atoms with E-state index in [0.717, 1.165) is 24.0 Å². The number of carbonyl (C=O) groups excluding carboxylic acids is 2. The highest BCUT2D eigenvalue weighted by Gasteiger charge is 2.29. The van der Waals surface area contributed by atoms with Gasteiger partial charge in [0.1, 0.15) is 0 Å². The molecule has 0 bridgehead atoms. The molecule has 0 atom stereocenters. The van der Waals surface area contributed by atoms with Gasteiger partial charge in [0.2, 0.25) is 0 Å². The van der Waals surface area contributed by atoms with E-state index < -0.39 is 0 Å². The van der Waals surface area contributed by atoms with Gasteiger partial charge in [-0.25, -0.2) is 0 Å². The zero-order valence-electron chi connectivity index (χ0n) is 11.7. The molecule has 0 radical (unpaired) electrons. The van der Waals surface area contributed by atoms with Gasteiger partial charge in [0, 0.05) is 22.3 Å². The maximum absolute atomic E-state index is 12.6. The Balaban J connectivity index is 2.28. The number of aryl methyl sites for hydroxylation is 2. The van der Waals surface area contributed by atoms with Crippen LogP contribution in [0.15, 0.2) is 36.4 Å². The number of ketones is 2. The molecule has 0 amide bonds. The van der Waals surface area contributed by atoms with Crippen molar-refractivity contribution >= 4 is 11.6 Å². The molecule has 0 fully saturated rings. The van der Waals surface area contributed by atoms with Crippen molar-refractivity contribution in [2.24, 2.45) is 0 Å². The molecular weight excluding hydrogens is 248 g/mol. The van der Waals surface area contributed by atoms with E-state index in [-0.39, 0.29) is 11.6 Å². The van der Waals surface area contributed by atoms with Crippen molar-refractivity contribution in [1.82, 2.24) is 0 Å². The first-order valence-corrected chi connectivity index (χ1v) is 7.01. The quantitative estimate of drug-likeness (QED) is 0.709. The lowest BCUT2D eigenvalue weighted by atomic mass is 9.81. The number of benzene rings is 2. The number of hydrogen-bond donors (Lipinski definition) is 0. The van der Waals surface area contributed by atoms with E-state index in [1.807, 2.05) is 12.1 Å². The van der Waals surface area contributed by atoms with Gasteiger partial charge in [0.15, 0.2) is 11.6 Å². The molecule has 0 unspecified atom stereocenters. The molecular formula is C18H16O2.